The number of hydrogen-bond donors (Lipinski definition) is 1. The van der Waals surface area contributed by atoms with Gasteiger partial charge in [-0.15, -0.1) is 0 Å². The second kappa shape index (κ2) is 6.48. The molecule has 1 aliphatic rings. The molecule has 2 rings (SSSR count). The molecule has 1 aromatic heterocycles. The van der Waals surface area contributed by atoms with Crippen LogP contribution in [0, 0.1) is 0 Å². The fourth-order valence-corrected chi connectivity index (χ4v) is 4.44. The van der Waals surface area contributed by atoms with Gasteiger partial charge in [0.2, 0.25) is 11.8 Å². The van der Waals surface area contributed by atoms with Crippen LogP contribution in [0.2, 0.25) is 0 Å². The van der Waals surface area contributed by atoms with Gasteiger partial charge in [-0.25, -0.2) is 8.42 Å². The van der Waals surface area contributed by atoms with E-state index in [1.165, 1.54) is 13.8 Å². The van der Waals surface area contributed by atoms with Crippen LogP contribution >= 0.6 is 0 Å². The van der Waals surface area contributed by atoms with Gasteiger partial charge in [0.15, 0.2) is 9.84 Å². The third-order valence-electron chi connectivity index (χ3n) is 4.38. The van der Waals surface area contributed by atoms with Crippen molar-refractivity contribution in [2.75, 3.05) is 18.5 Å². The molecule has 1 fully saturated rings. The van der Waals surface area contributed by atoms with E-state index in [0.29, 0.717) is 31.7 Å². The number of nitrogens with one attached hydrogen (secondary N) is 1. The summed E-state index contributed by atoms with van der Waals surface area (Å²) >= 11 is 0. The molecule has 0 aromatic carbocycles. The van der Waals surface area contributed by atoms with E-state index in [1.807, 2.05) is 20.8 Å². The van der Waals surface area contributed by atoms with E-state index in [2.05, 4.69) is 10.5 Å². The number of aromatic nitrogens is 1. The van der Waals surface area contributed by atoms with Gasteiger partial charge < -0.3 is 9.26 Å². The number of ether oxygens (including phenoxy) is 1. The third-order valence-corrected chi connectivity index (χ3v) is 7.34. The summed E-state index contributed by atoms with van der Waals surface area (Å²) in [5, 5.41) is 5.90. The quantitative estimate of drug-likeness (QED) is 0.886. The van der Waals surface area contributed by atoms with Gasteiger partial charge in [-0.05, 0) is 26.7 Å². The minimum atomic E-state index is -3.66. The Morgan fingerprint density at radius 1 is 1.21 bits per heavy atom. The van der Waals surface area contributed by atoms with Crippen molar-refractivity contribution in [3.8, 4) is 0 Å². The van der Waals surface area contributed by atoms with E-state index in [9.17, 15) is 13.2 Å². The second-order valence-corrected chi connectivity index (χ2v) is 10.4. The van der Waals surface area contributed by atoms with E-state index < -0.39 is 25.7 Å². The Balaban J connectivity index is 2.16. The number of carbonyl (C=O) groups is 1. The van der Waals surface area contributed by atoms with Crippen LogP contribution in [0.3, 0.4) is 0 Å². The van der Waals surface area contributed by atoms with Gasteiger partial charge in [-0.2, -0.15) is 0 Å². The SMILES string of the molecule is CC(C)(C)c1cc(NC(=O)C(C)(C)S(=O)(=O)C2CCOCC2)on1. The highest BCUT2D eigenvalue weighted by Gasteiger charge is 2.46. The van der Waals surface area contributed by atoms with Crippen LogP contribution < -0.4 is 5.32 Å². The third kappa shape index (κ3) is 3.64. The summed E-state index contributed by atoms with van der Waals surface area (Å²) < 4.78 is 34.4. The first-order valence-corrected chi connectivity index (χ1v) is 9.61. The Kier molecular flexibility index (Phi) is 5.11. The average molecular weight is 358 g/mol. The molecule has 2 heterocycles. The van der Waals surface area contributed by atoms with Crippen molar-refractivity contribution < 1.29 is 22.5 Å². The van der Waals surface area contributed by atoms with Crippen molar-refractivity contribution in [3.05, 3.63) is 11.8 Å². The molecule has 0 unspecified atom stereocenters. The summed E-state index contributed by atoms with van der Waals surface area (Å²) in [4.78, 5) is 12.6. The molecule has 0 spiro atoms. The Hall–Kier alpha value is -1.41. The van der Waals surface area contributed by atoms with Crippen molar-refractivity contribution in [2.24, 2.45) is 0 Å². The van der Waals surface area contributed by atoms with Crippen molar-refractivity contribution in [3.63, 3.8) is 0 Å². The van der Waals surface area contributed by atoms with Crippen LogP contribution in [0.4, 0.5) is 5.88 Å². The molecule has 1 aromatic rings. The molecule has 0 atom stereocenters. The summed E-state index contributed by atoms with van der Waals surface area (Å²) in [6, 6.07) is 1.62. The molecule has 24 heavy (non-hydrogen) atoms. The second-order valence-electron chi connectivity index (χ2n) is 7.65. The highest BCUT2D eigenvalue weighted by atomic mass is 32.2. The molecular formula is C16H26N2O5S. The van der Waals surface area contributed by atoms with Crippen LogP contribution in [0.1, 0.15) is 53.2 Å². The van der Waals surface area contributed by atoms with Gasteiger partial charge >= 0.3 is 0 Å². The van der Waals surface area contributed by atoms with E-state index in [1.54, 1.807) is 6.07 Å². The fourth-order valence-electron chi connectivity index (χ4n) is 2.48. The molecular weight excluding hydrogens is 332 g/mol. The number of amides is 1. The molecule has 0 bridgehead atoms. The zero-order valence-electron chi connectivity index (χ0n) is 14.9. The van der Waals surface area contributed by atoms with Gasteiger partial charge in [-0.1, -0.05) is 25.9 Å². The number of nitrogens with zero attached hydrogens (tertiary/aromatic N) is 1. The standard InChI is InChI=1S/C16H26N2O5S/c1-15(2,3)12-10-13(23-18-12)17-14(19)16(4,5)24(20,21)11-6-8-22-9-7-11/h10-11H,6-9H2,1-5H3,(H,17,19). The van der Waals surface area contributed by atoms with E-state index in [-0.39, 0.29) is 11.3 Å². The molecule has 1 N–H and O–H groups in total. The Morgan fingerprint density at radius 3 is 2.29 bits per heavy atom. The van der Waals surface area contributed by atoms with Crippen LogP contribution in [0.25, 0.3) is 0 Å². The normalized spacial score (nSPS) is 17.7. The minimum Gasteiger partial charge on any atom is -0.381 e. The van der Waals surface area contributed by atoms with Crippen molar-refractivity contribution in [2.45, 2.75) is 62.9 Å². The van der Waals surface area contributed by atoms with Crippen molar-refractivity contribution in [1.29, 1.82) is 0 Å². The largest absolute Gasteiger partial charge is 0.381 e. The van der Waals surface area contributed by atoms with Crippen LogP contribution in [0.15, 0.2) is 10.6 Å². The maximum atomic E-state index is 12.8. The molecule has 1 saturated heterocycles. The number of hydrogen-bond acceptors (Lipinski definition) is 6. The number of anilines is 1. The predicted octanol–water partition coefficient (Wildman–Crippen LogP) is 2.28. The van der Waals surface area contributed by atoms with Gasteiger partial charge in [0.05, 0.1) is 10.9 Å². The molecule has 1 amide bonds. The molecule has 0 radical (unpaired) electrons. The van der Waals surface area contributed by atoms with Crippen LogP contribution in [0.5, 0.6) is 0 Å². The smallest absolute Gasteiger partial charge is 0.247 e. The number of sulfone groups is 1. The summed E-state index contributed by atoms with van der Waals surface area (Å²) in [5.74, 6) is -0.467. The van der Waals surface area contributed by atoms with Crippen LogP contribution in [-0.4, -0.2) is 42.7 Å². The van der Waals surface area contributed by atoms with Crippen molar-refractivity contribution >= 4 is 21.6 Å². The Labute approximate surface area is 143 Å². The maximum Gasteiger partial charge on any atom is 0.247 e. The summed E-state index contributed by atoms with van der Waals surface area (Å²) in [7, 11) is -3.66. The lowest BCUT2D eigenvalue weighted by molar-refractivity contribution is -0.118. The molecule has 0 saturated carbocycles. The molecule has 0 aliphatic carbocycles. The Morgan fingerprint density at radius 2 is 1.79 bits per heavy atom. The lowest BCUT2D eigenvalue weighted by atomic mass is 9.92. The zero-order chi connectivity index (χ0) is 18.2. The van der Waals surface area contributed by atoms with Crippen molar-refractivity contribution in [1.82, 2.24) is 5.16 Å². The van der Waals surface area contributed by atoms with Gasteiger partial charge in [0.25, 0.3) is 0 Å². The first-order valence-electron chi connectivity index (χ1n) is 8.06. The van der Waals surface area contributed by atoms with E-state index >= 15 is 0 Å². The van der Waals surface area contributed by atoms with Gasteiger partial charge in [0, 0.05) is 24.7 Å². The first-order chi connectivity index (χ1) is 11.0. The first kappa shape index (κ1) is 18.9. The minimum absolute atomic E-state index is 0.153. The number of carbonyl (C=O) groups excluding carboxylic acids is 1. The highest BCUT2D eigenvalue weighted by molar-refractivity contribution is 7.94. The molecule has 7 nitrogen and oxygen atoms in total. The topological polar surface area (TPSA) is 98.5 Å². The summed E-state index contributed by atoms with van der Waals surface area (Å²) in [6.45, 7) is 9.56. The maximum absolute atomic E-state index is 12.8. The summed E-state index contributed by atoms with van der Waals surface area (Å²) in [6.07, 6.45) is 0.824. The predicted molar refractivity (Wildman–Crippen MR) is 90.7 cm³/mol. The van der Waals surface area contributed by atoms with E-state index in [4.69, 9.17) is 9.26 Å². The lowest BCUT2D eigenvalue weighted by Gasteiger charge is -2.30. The zero-order valence-corrected chi connectivity index (χ0v) is 15.7. The molecule has 136 valence electrons. The molecule has 1 aliphatic heterocycles. The monoisotopic (exact) mass is 358 g/mol. The summed E-state index contributed by atoms with van der Waals surface area (Å²) in [5.41, 5.74) is 0.457. The molecule has 8 heteroatoms. The Bertz CT molecular complexity index is 694. The fraction of sp³-hybridized carbons (Fsp3) is 0.750. The number of rotatable bonds is 4. The van der Waals surface area contributed by atoms with Crippen LogP contribution in [-0.2, 0) is 24.8 Å². The van der Waals surface area contributed by atoms with Gasteiger partial charge in [0.1, 0.15) is 4.75 Å². The van der Waals surface area contributed by atoms with E-state index in [0.717, 1.165) is 0 Å². The van der Waals surface area contributed by atoms with Gasteiger partial charge in [-0.3, -0.25) is 10.1 Å². The average Bonchev–Trinajstić information content (AvgIpc) is 2.96. The lowest BCUT2D eigenvalue weighted by Crippen LogP contribution is -2.50. The highest BCUT2D eigenvalue weighted by Crippen LogP contribution is 2.29.